The quantitative estimate of drug-likeness (QED) is 0.511. The highest BCUT2D eigenvalue weighted by Gasteiger charge is 2.09. The second-order valence-corrected chi connectivity index (χ2v) is 5.77. The molecule has 0 fully saturated rings. The summed E-state index contributed by atoms with van der Waals surface area (Å²) in [5.41, 5.74) is 5.75. The molecule has 0 aliphatic rings. The van der Waals surface area contributed by atoms with Crippen LogP contribution < -0.4 is 5.43 Å². The van der Waals surface area contributed by atoms with Crippen LogP contribution >= 0.6 is 11.6 Å². The molecule has 2 aromatic carbocycles. The average Bonchev–Trinajstić information content (AvgIpc) is 2.51. The minimum absolute atomic E-state index is 0.0949. The average molecular weight is 346 g/mol. The van der Waals surface area contributed by atoms with E-state index < -0.39 is 4.92 Å². The standard InChI is InChI=1S/C17H16ClN3O3/c1-11-3-4-13(12(2)7-11)9-17(22)20-19-10-14-8-15(21(23)24)5-6-16(14)18/h3-8,10H,9H2,1-2H3,(H,20,22)/b19-10+. The monoisotopic (exact) mass is 345 g/mol. The number of nitrogens with zero attached hydrogens (tertiary/aromatic N) is 2. The number of hydrogen-bond acceptors (Lipinski definition) is 4. The smallest absolute Gasteiger partial charge is 0.270 e. The first-order valence-electron chi connectivity index (χ1n) is 7.19. The highest BCUT2D eigenvalue weighted by Crippen LogP contribution is 2.20. The number of carbonyl (C=O) groups excluding carboxylic acids is 1. The molecule has 0 aromatic heterocycles. The first kappa shape index (κ1) is 17.6. The van der Waals surface area contributed by atoms with Crippen molar-refractivity contribution >= 4 is 29.4 Å². The van der Waals surface area contributed by atoms with Gasteiger partial charge < -0.3 is 0 Å². The summed E-state index contributed by atoms with van der Waals surface area (Å²) in [6.07, 6.45) is 1.49. The van der Waals surface area contributed by atoms with Gasteiger partial charge in [0, 0.05) is 22.7 Å². The summed E-state index contributed by atoms with van der Waals surface area (Å²) in [5.74, 6) is -0.278. The number of aryl methyl sites for hydroxylation is 2. The van der Waals surface area contributed by atoms with E-state index in [1.165, 1.54) is 24.4 Å². The molecule has 2 aromatic rings. The normalized spacial score (nSPS) is 10.8. The van der Waals surface area contributed by atoms with Crippen LogP contribution in [0.15, 0.2) is 41.5 Å². The molecule has 7 heteroatoms. The van der Waals surface area contributed by atoms with Crippen LogP contribution in [0.4, 0.5) is 5.69 Å². The molecule has 1 amide bonds. The SMILES string of the molecule is Cc1ccc(CC(=O)N/N=C/c2cc([N+](=O)[O-])ccc2Cl)c(C)c1. The first-order valence-corrected chi connectivity index (χ1v) is 7.56. The Labute approximate surface area is 144 Å². The summed E-state index contributed by atoms with van der Waals surface area (Å²) in [6.45, 7) is 3.94. The Balaban J connectivity index is 2.02. The Morgan fingerprint density at radius 3 is 2.71 bits per heavy atom. The predicted molar refractivity (Wildman–Crippen MR) is 93.5 cm³/mol. The highest BCUT2D eigenvalue weighted by atomic mass is 35.5. The van der Waals surface area contributed by atoms with Crippen molar-refractivity contribution in [3.8, 4) is 0 Å². The molecule has 2 rings (SSSR count). The van der Waals surface area contributed by atoms with Crippen molar-refractivity contribution in [2.75, 3.05) is 0 Å². The van der Waals surface area contributed by atoms with Crippen molar-refractivity contribution in [2.24, 2.45) is 5.10 Å². The number of hydrazone groups is 1. The number of nitro groups is 1. The maximum Gasteiger partial charge on any atom is 0.270 e. The van der Waals surface area contributed by atoms with Crippen LogP contribution in [0.5, 0.6) is 0 Å². The van der Waals surface area contributed by atoms with Gasteiger partial charge in [0.1, 0.15) is 0 Å². The zero-order valence-electron chi connectivity index (χ0n) is 13.2. The molecular formula is C17H16ClN3O3. The van der Waals surface area contributed by atoms with Gasteiger partial charge in [0.15, 0.2) is 0 Å². The van der Waals surface area contributed by atoms with Gasteiger partial charge in [-0.3, -0.25) is 14.9 Å². The predicted octanol–water partition coefficient (Wildman–Crippen LogP) is 3.56. The molecule has 124 valence electrons. The van der Waals surface area contributed by atoms with Gasteiger partial charge in [-0.1, -0.05) is 35.4 Å². The number of non-ortho nitro benzene ring substituents is 1. The van der Waals surface area contributed by atoms with Crippen molar-refractivity contribution in [2.45, 2.75) is 20.3 Å². The second kappa shape index (κ2) is 7.70. The second-order valence-electron chi connectivity index (χ2n) is 5.36. The largest absolute Gasteiger partial charge is 0.273 e. The lowest BCUT2D eigenvalue weighted by Gasteiger charge is -2.05. The summed E-state index contributed by atoms with van der Waals surface area (Å²) in [7, 11) is 0. The molecule has 0 radical (unpaired) electrons. The Bertz CT molecular complexity index is 819. The first-order chi connectivity index (χ1) is 11.4. The third-order valence-corrected chi connectivity index (χ3v) is 3.78. The minimum atomic E-state index is -0.521. The van der Waals surface area contributed by atoms with E-state index in [2.05, 4.69) is 10.5 Å². The maximum absolute atomic E-state index is 11.9. The molecule has 1 N–H and O–H groups in total. The van der Waals surface area contributed by atoms with Gasteiger partial charge in [-0.05, 0) is 31.0 Å². The summed E-state index contributed by atoms with van der Waals surface area (Å²) in [5, 5.41) is 14.9. The zero-order chi connectivity index (χ0) is 17.7. The van der Waals surface area contributed by atoms with Crippen LogP contribution in [0, 0.1) is 24.0 Å². The van der Waals surface area contributed by atoms with Crippen LogP contribution in [-0.2, 0) is 11.2 Å². The summed E-state index contributed by atoms with van der Waals surface area (Å²) < 4.78 is 0. The third kappa shape index (κ3) is 4.63. The van der Waals surface area contributed by atoms with Gasteiger partial charge in [-0.25, -0.2) is 5.43 Å². The molecule has 0 aliphatic carbocycles. The van der Waals surface area contributed by atoms with E-state index >= 15 is 0 Å². The molecule has 0 heterocycles. The number of carbonyl (C=O) groups is 1. The van der Waals surface area contributed by atoms with Gasteiger partial charge in [0.05, 0.1) is 17.6 Å². The topological polar surface area (TPSA) is 84.6 Å². The molecule has 0 saturated heterocycles. The number of rotatable bonds is 5. The Morgan fingerprint density at radius 2 is 2.04 bits per heavy atom. The van der Waals surface area contributed by atoms with E-state index in [0.717, 1.165) is 16.7 Å². The molecule has 0 spiro atoms. The van der Waals surface area contributed by atoms with Crippen molar-refractivity contribution in [1.82, 2.24) is 5.43 Å². The molecule has 0 atom stereocenters. The van der Waals surface area contributed by atoms with Crippen molar-refractivity contribution in [3.05, 3.63) is 73.8 Å². The molecule has 0 saturated carbocycles. The molecule has 0 unspecified atom stereocenters. The van der Waals surface area contributed by atoms with Crippen LogP contribution in [0.1, 0.15) is 22.3 Å². The molecule has 6 nitrogen and oxygen atoms in total. The summed E-state index contributed by atoms with van der Waals surface area (Å²) >= 11 is 5.96. The summed E-state index contributed by atoms with van der Waals surface area (Å²) in [4.78, 5) is 22.2. The molecular weight excluding hydrogens is 330 g/mol. The Kier molecular flexibility index (Phi) is 5.65. The number of halogens is 1. The number of hydrogen-bond donors (Lipinski definition) is 1. The molecule has 0 aliphatic heterocycles. The fourth-order valence-electron chi connectivity index (χ4n) is 2.17. The van der Waals surface area contributed by atoms with Gasteiger partial charge >= 0.3 is 0 Å². The van der Waals surface area contributed by atoms with Crippen molar-refractivity contribution < 1.29 is 9.72 Å². The molecule has 0 bridgehead atoms. The van der Waals surface area contributed by atoms with E-state index in [9.17, 15) is 14.9 Å². The fraction of sp³-hybridized carbons (Fsp3) is 0.176. The van der Waals surface area contributed by atoms with Crippen molar-refractivity contribution in [3.63, 3.8) is 0 Å². The summed E-state index contributed by atoms with van der Waals surface area (Å²) in [6, 6.07) is 9.88. The van der Waals surface area contributed by atoms with Gasteiger partial charge in [0.2, 0.25) is 5.91 Å². The molecule has 24 heavy (non-hydrogen) atoms. The third-order valence-electron chi connectivity index (χ3n) is 3.43. The lowest BCUT2D eigenvalue weighted by atomic mass is 10.0. The maximum atomic E-state index is 11.9. The van der Waals surface area contributed by atoms with E-state index in [-0.39, 0.29) is 18.0 Å². The van der Waals surface area contributed by atoms with E-state index in [1.54, 1.807) is 0 Å². The number of nitrogens with one attached hydrogen (secondary N) is 1. The van der Waals surface area contributed by atoms with E-state index in [0.29, 0.717) is 10.6 Å². The fourth-order valence-corrected chi connectivity index (χ4v) is 2.34. The van der Waals surface area contributed by atoms with Crippen molar-refractivity contribution in [1.29, 1.82) is 0 Å². The van der Waals surface area contributed by atoms with Gasteiger partial charge in [0.25, 0.3) is 5.69 Å². The highest BCUT2D eigenvalue weighted by molar-refractivity contribution is 6.33. The minimum Gasteiger partial charge on any atom is -0.273 e. The van der Waals surface area contributed by atoms with Crippen LogP contribution in [0.3, 0.4) is 0 Å². The van der Waals surface area contributed by atoms with Gasteiger partial charge in [-0.15, -0.1) is 0 Å². The Hall–Kier alpha value is -2.73. The Morgan fingerprint density at radius 1 is 1.29 bits per heavy atom. The lowest BCUT2D eigenvalue weighted by molar-refractivity contribution is -0.384. The van der Waals surface area contributed by atoms with Crippen LogP contribution in [0.25, 0.3) is 0 Å². The van der Waals surface area contributed by atoms with Gasteiger partial charge in [-0.2, -0.15) is 5.10 Å². The van der Waals surface area contributed by atoms with E-state index in [4.69, 9.17) is 11.6 Å². The number of benzene rings is 2. The van der Waals surface area contributed by atoms with E-state index in [1.807, 2.05) is 32.0 Å². The van der Waals surface area contributed by atoms with Crippen LogP contribution in [0.2, 0.25) is 5.02 Å². The zero-order valence-corrected chi connectivity index (χ0v) is 14.0. The number of nitro benzene ring substituents is 1. The lowest BCUT2D eigenvalue weighted by Crippen LogP contribution is -2.20. The van der Waals surface area contributed by atoms with Crippen LogP contribution in [-0.4, -0.2) is 17.0 Å². The number of amides is 1.